The molecular weight excluding hydrogens is 377 g/mol. The van der Waals surface area contributed by atoms with Crippen molar-refractivity contribution in [2.45, 2.75) is 12.7 Å². The van der Waals surface area contributed by atoms with Crippen LogP contribution >= 0.6 is 0 Å². The molecule has 0 aromatic heterocycles. The molecule has 0 saturated carbocycles. The third-order valence-electron chi connectivity index (χ3n) is 3.72. The zero-order chi connectivity index (χ0) is 20.6. The van der Waals surface area contributed by atoms with Gasteiger partial charge in [0.05, 0.1) is 26.3 Å². The molecule has 0 radical (unpaired) electrons. The van der Waals surface area contributed by atoms with Gasteiger partial charge in [-0.15, -0.1) is 0 Å². The van der Waals surface area contributed by atoms with Gasteiger partial charge >= 0.3 is 12.2 Å². The number of methoxy groups -OCH3 is 2. The fourth-order valence-corrected chi connectivity index (χ4v) is 2.33. The topological polar surface area (TPSA) is 68.8 Å². The quantitative estimate of drug-likeness (QED) is 0.667. The summed E-state index contributed by atoms with van der Waals surface area (Å²) in [5.74, 6) is 1.22. The first-order valence-corrected chi connectivity index (χ1v) is 8.36. The van der Waals surface area contributed by atoms with E-state index in [0.29, 0.717) is 11.5 Å². The number of urea groups is 1. The normalized spacial score (nSPS) is 10.9. The monoisotopic (exact) mass is 398 g/mol. The molecule has 2 N–H and O–H groups in total. The van der Waals surface area contributed by atoms with Gasteiger partial charge in [-0.2, -0.15) is 13.2 Å². The Hall–Kier alpha value is -3.10. The highest BCUT2D eigenvalue weighted by Gasteiger charge is 2.30. The van der Waals surface area contributed by atoms with E-state index in [1.807, 2.05) is 0 Å². The van der Waals surface area contributed by atoms with E-state index in [2.05, 4.69) is 10.6 Å². The van der Waals surface area contributed by atoms with Crippen LogP contribution in [0.2, 0.25) is 0 Å². The summed E-state index contributed by atoms with van der Waals surface area (Å²) in [5.41, 5.74) is 0.0265. The molecule has 0 fully saturated rings. The Morgan fingerprint density at radius 3 is 2.43 bits per heavy atom. The molecule has 9 heteroatoms. The fourth-order valence-electron chi connectivity index (χ4n) is 2.33. The molecule has 0 aliphatic rings. The van der Waals surface area contributed by atoms with Crippen LogP contribution in [-0.4, -0.2) is 33.4 Å². The highest BCUT2D eigenvalue weighted by molar-refractivity contribution is 5.73. The van der Waals surface area contributed by atoms with Gasteiger partial charge in [0.2, 0.25) is 0 Å². The van der Waals surface area contributed by atoms with Gasteiger partial charge in [-0.1, -0.05) is 12.1 Å². The van der Waals surface area contributed by atoms with Crippen molar-refractivity contribution in [1.29, 1.82) is 0 Å². The second-order valence-electron chi connectivity index (χ2n) is 5.67. The predicted octanol–water partition coefficient (Wildman–Crippen LogP) is 3.60. The van der Waals surface area contributed by atoms with Crippen molar-refractivity contribution in [2.75, 3.05) is 27.4 Å². The molecule has 6 nitrogen and oxygen atoms in total. The van der Waals surface area contributed by atoms with Crippen LogP contribution in [-0.2, 0) is 12.7 Å². The Morgan fingerprint density at radius 2 is 1.75 bits per heavy atom. The van der Waals surface area contributed by atoms with Crippen LogP contribution < -0.4 is 24.8 Å². The number of amides is 2. The van der Waals surface area contributed by atoms with E-state index in [1.165, 1.54) is 26.4 Å². The molecule has 0 bridgehead atoms. The van der Waals surface area contributed by atoms with Gasteiger partial charge in [0.25, 0.3) is 0 Å². The maximum atomic E-state index is 12.6. The van der Waals surface area contributed by atoms with Gasteiger partial charge in [-0.25, -0.2) is 4.79 Å². The lowest BCUT2D eigenvalue weighted by Crippen LogP contribution is -2.37. The van der Waals surface area contributed by atoms with E-state index < -0.39 is 17.8 Å². The average Bonchev–Trinajstić information content (AvgIpc) is 2.69. The molecule has 0 atom stereocenters. The average molecular weight is 398 g/mol. The minimum atomic E-state index is -4.43. The molecule has 0 spiro atoms. The summed E-state index contributed by atoms with van der Waals surface area (Å²) in [6, 6.07) is 9.41. The van der Waals surface area contributed by atoms with Crippen LogP contribution in [0.4, 0.5) is 18.0 Å². The lowest BCUT2D eigenvalue weighted by Gasteiger charge is -2.12. The second kappa shape index (κ2) is 9.72. The minimum Gasteiger partial charge on any atom is -0.493 e. The molecule has 0 aliphatic heterocycles. The zero-order valence-electron chi connectivity index (χ0n) is 15.4. The second-order valence-corrected chi connectivity index (χ2v) is 5.67. The molecule has 2 amide bonds. The predicted molar refractivity (Wildman–Crippen MR) is 96.7 cm³/mol. The Kier molecular flexibility index (Phi) is 7.36. The molecule has 28 heavy (non-hydrogen) atoms. The maximum absolute atomic E-state index is 12.6. The minimum absolute atomic E-state index is 0.0328. The number of hydrogen-bond donors (Lipinski definition) is 2. The molecule has 2 aromatic rings. The van der Waals surface area contributed by atoms with E-state index in [-0.39, 0.29) is 25.4 Å². The summed E-state index contributed by atoms with van der Waals surface area (Å²) in [6.07, 6.45) is -4.43. The number of nitrogens with one attached hydrogen (secondary N) is 2. The summed E-state index contributed by atoms with van der Waals surface area (Å²) in [6.45, 7) is 0.430. The van der Waals surface area contributed by atoms with Crippen LogP contribution in [0.5, 0.6) is 17.2 Å². The third-order valence-corrected chi connectivity index (χ3v) is 3.72. The number of ether oxygens (including phenoxy) is 3. The zero-order valence-corrected chi connectivity index (χ0v) is 15.4. The number of hydrogen-bond acceptors (Lipinski definition) is 4. The molecular formula is C19H21F3N2O4. The number of rotatable bonds is 8. The smallest absolute Gasteiger partial charge is 0.416 e. The van der Waals surface area contributed by atoms with Gasteiger partial charge in [0.1, 0.15) is 12.4 Å². The van der Waals surface area contributed by atoms with E-state index in [1.54, 1.807) is 18.2 Å². The first kappa shape index (κ1) is 21.2. The van der Waals surface area contributed by atoms with Gasteiger partial charge in [-0.3, -0.25) is 0 Å². The van der Waals surface area contributed by atoms with Gasteiger partial charge in [0.15, 0.2) is 11.5 Å². The molecule has 0 saturated heterocycles. The Labute approximate surface area is 160 Å². The number of halogens is 3. The van der Waals surface area contributed by atoms with Gasteiger partial charge in [0, 0.05) is 6.54 Å². The molecule has 152 valence electrons. The summed E-state index contributed by atoms with van der Waals surface area (Å²) in [5, 5.41) is 5.23. The standard InChI is InChI=1S/C19H21F3N2O4/c1-26-16-7-6-13(10-17(16)27-2)12-24-18(25)23-8-9-28-15-5-3-4-14(11-15)19(20,21)22/h3-7,10-11H,8-9,12H2,1-2H3,(H2,23,24,25). The SMILES string of the molecule is COc1ccc(CNC(=O)NCCOc2cccc(C(F)(F)F)c2)cc1OC. The van der Waals surface area contributed by atoms with Crippen LogP contribution in [0.3, 0.4) is 0 Å². The number of benzene rings is 2. The Balaban J connectivity index is 1.73. The van der Waals surface area contributed by atoms with Crippen LogP contribution in [0.15, 0.2) is 42.5 Å². The largest absolute Gasteiger partial charge is 0.493 e. The van der Waals surface area contributed by atoms with Crippen molar-refractivity contribution in [3.8, 4) is 17.2 Å². The highest BCUT2D eigenvalue weighted by Crippen LogP contribution is 2.31. The van der Waals surface area contributed by atoms with Gasteiger partial charge in [-0.05, 0) is 35.9 Å². The van der Waals surface area contributed by atoms with Crippen molar-refractivity contribution < 1.29 is 32.2 Å². The third kappa shape index (κ3) is 6.26. The van der Waals surface area contributed by atoms with Crippen molar-refractivity contribution in [3.05, 3.63) is 53.6 Å². The Morgan fingerprint density at radius 1 is 1.00 bits per heavy atom. The number of carbonyl (C=O) groups is 1. The van der Waals surface area contributed by atoms with Crippen molar-refractivity contribution in [1.82, 2.24) is 10.6 Å². The fraction of sp³-hybridized carbons (Fsp3) is 0.316. The molecule has 0 aliphatic carbocycles. The van der Waals surface area contributed by atoms with Crippen LogP contribution in [0.25, 0.3) is 0 Å². The highest BCUT2D eigenvalue weighted by atomic mass is 19.4. The molecule has 2 aromatic carbocycles. The van der Waals surface area contributed by atoms with Crippen molar-refractivity contribution in [2.24, 2.45) is 0 Å². The van der Waals surface area contributed by atoms with Crippen molar-refractivity contribution in [3.63, 3.8) is 0 Å². The summed E-state index contributed by atoms with van der Waals surface area (Å²) >= 11 is 0. The summed E-state index contributed by atoms with van der Waals surface area (Å²) in [4.78, 5) is 11.8. The first-order valence-electron chi connectivity index (χ1n) is 8.36. The summed E-state index contributed by atoms with van der Waals surface area (Å²) in [7, 11) is 3.05. The molecule has 0 unspecified atom stereocenters. The van der Waals surface area contributed by atoms with E-state index >= 15 is 0 Å². The maximum Gasteiger partial charge on any atom is 0.416 e. The van der Waals surface area contributed by atoms with Gasteiger partial charge < -0.3 is 24.8 Å². The van der Waals surface area contributed by atoms with Crippen molar-refractivity contribution >= 4 is 6.03 Å². The van der Waals surface area contributed by atoms with E-state index in [9.17, 15) is 18.0 Å². The molecule has 0 heterocycles. The number of alkyl halides is 3. The summed E-state index contributed by atoms with van der Waals surface area (Å²) < 4.78 is 53.5. The van der Waals surface area contributed by atoms with E-state index in [4.69, 9.17) is 14.2 Å². The molecule has 2 rings (SSSR count). The Bertz CT molecular complexity index is 797. The van der Waals surface area contributed by atoms with E-state index in [0.717, 1.165) is 17.7 Å². The lowest BCUT2D eigenvalue weighted by molar-refractivity contribution is -0.137. The van der Waals surface area contributed by atoms with Crippen LogP contribution in [0, 0.1) is 0 Å². The first-order chi connectivity index (χ1) is 13.3. The lowest BCUT2D eigenvalue weighted by atomic mass is 10.2. The number of carbonyl (C=O) groups excluding carboxylic acids is 1. The van der Waals surface area contributed by atoms with Crippen LogP contribution in [0.1, 0.15) is 11.1 Å².